The van der Waals surface area contributed by atoms with Crippen LogP contribution in [0.4, 0.5) is 0 Å². The number of aryl methyl sites for hydroxylation is 1. The Balaban J connectivity index is 1.91. The largest absolute Gasteiger partial charge is 0.341 e. The second-order valence-electron chi connectivity index (χ2n) is 6.90. The molecule has 0 saturated carbocycles. The highest BCUT2D eigenvalue weighted by molar-refractivity contribution is 6.09. The molecule has 2 aromatic heterocycles. The molecule has 0 unspecified atom stereocenters. The Kier molecular flexibility index (Phi) is 4.76. The van der Waals surface area contributed by atoms with Crippen LogP contribution in [0.15, 0.2) is 53.5 Å². The van der Waals surface area contributed by atoms with E-state index in [1.165, 1.54) is 34.5 Å². The number of hydrogen-bond acceptors (Lipinski definition) is 2. The van der Waals surface area contributed by atoms with Crippen LogP contribution in [0.25, 0.3) is 32.8 Å². The number of nitrogens with two attached hydrogens (primary N) is 1. The smallest absolute Gasteiger partial charge is 0.120 e. The van der Waals surface area contributed by atoms with Crippen molar-refractivity contribution >= 4 is 32.8 Å². The van der Waals surface area contributed by atoms with E-state index in [0.717, 1.165) is 42.5 Å². The molecule has 0 fully saturated rings. The Morgan fingerprint density at radius 2 is 1.65 bits per heavy atom. The lowest BCUT2D eigenvalue weighted by molar-refractivity contribution is 0.651. The highest BCUT2D eigenvalue weighted by Gasteiger charge is 2.12. The Bertz CT molecular complexity index is 1120. The number of fused-ring (bicyclic) bond motifs is 4. The molecule has 0 aliphatic rings. The number of nitrogens with one attached hydrogen (secondary N) is 1. The zero-order chi connectivity index (χ0) is 17.9. The Labute approximate surface area is 153 Å². The van der Waals surface area contributed by atoms with Crippen molar-refractivity contribution in [1.29, 1.82) is 0 Å². The summed E-state index contributed by atoms with van der Waals surface area (Å²) in [6.45, 7) is 1.64. The lowest BCUT2D eigenvalue weighted by Crippen LogP contribution is -2.11. The molecule has 3 N–H and O–H groups in total. The number of unbranched alkanes of at least 4 members (excludes halogenated alkanes) is 3. The molecule has 4 aromatic rings. The normalized spacial score (nSPS) is 12.6. The third kappa shape index (κ3) is 2.90. The predicted molar refractivity (Wildman–Crippen MR) is 110 cm³/mol. The summed E-state index contributed by atoms with van der Waals surface area (Å²) >= 11 is 0. The van der Waals surface area contributed by atoms with E-state index in [-0.39, 0.29) is 0 Å². The van der Waals surface area contributed by atoms with Gasteiger partial charge in [-0.25, -0.2) is 0 Å². The van der Waals surface area contributed by atoms with E-state index in [2.05, 4.69) is 65.1 Å². The van der Waals surface area contributed by atoms with E-state index in [0.29, 0.717) is 0 Å². The van der Waals surface area contributed by atoms with Gasteiger partial charge in [0.25, 0.3) is 0 Å². The topological polar surface area (TPSA) is 59.1 Å². The number of H-pyrrole nitrogens is 1. The van der Waals surface area contributed by atoms with Crippen LogP contribution in [0.1, 0.15) is 25.7 Å². The molecule has 0 amide bonds. The van der Waals surface area contributed by atoms with Gasteiger partial charge < -0.3 is 15.3 Å². The van der Waals surface area contributed by atoms with E-state index in [9.17, 15) is 0 Å². The quantitative estimate of drug-likeness (QED) is 0.504. The Morgan fingerprint density at radius 3 is 2.50 bits per heavy atom. The van der Waals surface area contributed by atoms with Gasteiger partial charge in [-0.05, 0) is 31.5 Å². The Morgan fingerprint density at radius 1 is 0.923 bits per heavy atom. The average Bonchev–Trinajstić information content (AvgIpc) is 3.07. The highest BCUT2D eigenvalue weighted by Crippen LogP contribution is 2.25. The van der Waals surface area contributed by atoms with Crippen LogP contribution in [-0.2, 0) is 7.05 Å². The third-order valence-electron chi connectivity index (χ3n) is 5.16. The fourth-order valence-corrected chi connectivity index (χ4v) is 3.81. The van der Waals surface area contributed by atoms with Crippen LogP contribution in [0.5, 0.6) is 0 Å². The molecule has 0 atom stereocenters. The molecule has 2 heterocycles. The van der Waals surface area contributed by atoms with Crippen molar-refractivity contribution in [1.82, 2.24) is 9.55 Å². The second kappa shape index (κ2) is 7.34. The van der Waals surface area contributed by atoms with Crippen LogP contribution in [0, 0.1) is 0 Å². The van der Waals surface area contributed by atoms with Crippen LogP contribution < -0.4 is 11.1 Å². The van der Waals surface area contributed by atoms with Gasteiger partial charge in [0.2, 0.25) is 0 Å². The molecule has 0 saturated heterocycles. The second-order valence-corrected chi connectivity index (χ2v) is 6.90. The number of aromatic nitrogens is 2. The van der Waals surface area contributed by atoms with Crippen molar-refractivity contribution in [2.24, 2.45) is 17.8 Å². The van der Waals surface area contributed by atoms with E-state index in [1.54, 1.807) is 0 Å². The van der Waals surface area contributed by atoms with Gasteiger partial charge in [0.1, 0.15) is 5.65 Å². The molecule has 4 nitrogen and oxygen atoms in total. The van der Waals surface area contributed by atoms with Crippen LogP contribution in [0.2, 0.25) is 0 Å². The average molecular weight is 346 g/mol. The van der Waals surface area contributed by atoms with E-state index in [1.807, 2.05) is 0 Å². The SMILES string of the molecule is Cn1c2ccccc2c(=NCCCCCCN)c2c3ccccc3[nH]c21. The van der Waals surface area contributed by atoms with E-state index in [4.69, 9.17) is 10.7 Å². The van der Waals surface area contributed by atoms with Crippen molar-refractivity contribution in [3.05, 3.63) is 53.9 Å². The minimum absolute atomic E-state index is 0.785. The maximum absolute atomic E-state index is 5.58. The van der Waals surface area contributed by atoms with Crippen LogP contribution >= 0.6 is 0 Å². The van der Waals surface area contributed by atoms with Crippen molar-refractivity contribution in [2.45, 2.75) is 25.7 Å². The van der Waals surface area contributed by atoms with E-state index >= 15 is 0 Å². The number of pyridine rings is 1. The third-order valence-corrected chi connectivity index (χ3v) is 5.16. The molecule has 0 radical (unpaired) electrons. The highest BCUT2D eigenvalue weighted by atomic mass is 15.0. The summed E-state index contributed by atoms with van der Waals surface area (Å²) in [6, 6.07) is 17.0. The summed E-state index contributed by atoms with van der Waals surface area (Å²) in [5, 5.41) is 4.80. The maximum atomic E-state index is 5.58. The molecule has 26 heavy (non-hydrogen) atoms. The number of rotatable bonds is 6. The van der Waals surface area contributed by atoms with Gasteiger partial charge in [0, 0.05) is 29.9 Å². The number of para-hydroxylation sites is 2. The summed E-state index contributed by atoms with van der Waals surface area (Å²) in [5.74, 6) is 0. The van der Waals surface area contributed by atoms with Crippen molar-refractivity contribution in [3.63, 3.8) is 0 Å². The lowest BCUT2D eigenvalue weighted by Gasteiger charge is -2.09. The number of nitrogens with zero attached hydrogens (tertiary/aromatic N) is 2. The standard InChI is InChI=1S/C22H26N4/c1-26-19-13-7-5-11-17(19)21(24-15-9-3-2-8-14-23)20-16-10-4-6-12-18(16)25-22(20)26/h4-7,10-13,25H,2-3,8-9,14-15,23H2,1H3. The van der Waals surface area contributed by atoms with E-state index < -0.39 is 0 Å². The molecule has 0 spiro atoms. The number of aromatic amines is 1. The first-order valence-electron chi connectivity index (χ1n) is 9.50. The molecule has 134 valence electrons. The minimum atomic E-state index is 0.785. The lowest BCUT2D eigenvalue weighted by atomic mass is 10.1. The Hall–Kier alpha value is -2.59. The number of benzene rings is 2. The maximum Gasteiger partial charge on any atom is 0.120 e. The molecule has 4 heteroatoms. The summed E-state index contributed by atoms with van der Waals surface area (Å²) in [4.78, 5) is 8.65. The fraction of sp³-hybridized carbons (Fsp3) is 0.318. The van der Waals surface area contributed by atoms with Crippen LogP contribution in [-0.4, -0.2) is 22.6 Å². The minimum Gasteiger partial charge on any atom is -0.341 e. The molecule has 0 aliphatic heterocycles. The van der Waals surface area contributed by atoms with Crippen molar-refractivity contribution in [2.75, 3.05) is 13.1 Å². The zero-order valence-electron chi connectivity index (χ0n) is 15.3. The first-order valence-corrected chi connectivity index (χ1v) is 9.50. The summed E-state index contributed by atoms with van der Waals surface area (Å²) < 4.78 is 2.24. The van der Waals surface area contributed by atoms with Gasteiger partial charge in [0.15, 0.2) is 0 Å². The zero-order valence-corrected chi connectivity index (χ0v) is 15.3. The first-order chi connectivity index (χ1) is 12.8. The summed E-state index contributed by atoms with van der Waals surface area (Å²) in [5.41, 5.74) is 9.08. The molecule has 0 bridgehead atoms. The van der Waals surface area contributed by atoms with Gasteiger partial charge in [-0.15, -0.1) is 0 Å². The molecular weight excluding hydrogens is 320 g/mol. The molecular formula is C22H26N4. The van der Waals surface area contributed by atoms with Crippen molar-refractivity contribution in [3.8, 4) is 0 Å². The summed E-state index contributed by atoms with van der Waals surface area (Å²) in [6.07, 6.45) is 4.60. The number of hydrogen-bond donors (Lipinski definition) is 2. The predicted octanol–water partition coefficient (Wildman–Crippen LogP) is 4.23. The first kappa shape index (κ1) is 16.9. The van der Waals surface area contributed by atoms with Gasteiger partial charge >= 0.3 is 0 Å². The molecule has 0 aliphatic carbocycles. The summed E-state index contributed by atoms with van der Waals surface area (Å²) in [7, 11) is 2.12. The van der Waals surface area contributed by atoms with Gasteiger partial charge in [-0.2, -0.15) is 0 Å². The van der Waals surface area contributed by atoms with Gasteiger partial charge in [-0.1, -0.05) is 49.2 Å². The fourth-order valence-electron chi connectivity index (χ4n) is 3.81. The monoisotopic (exact) mass is 346 g/mol. The van der Waals surface area contributed by atoms with Crippen molar-refractivity contribution < 1.29 is 0 Å². The molecule has 2 aromatic carbocycles. The van der Waals surface area contributed by atoms with Gasteiger partial charge in [0.05, 0.1) is 16.3 Å². The van der Waals surface area contributed by atoms with Gasteiger partial charge in [-0.3, -0.25) is 4.99 Å². The van der Waals surface area contributed by atoms with Crippen LogP contribution in [0.3, 0.4) is 0 Å². The molecule has 4 rings (SSSR count).